The van der Waals surface area contributed by atoms with Crippen LogP contribution >= 0.6 is 0 Å². The molecule has 0 atom stereocenters. The summed E-state index contributed by atoms with van der Waals surface area (Å²) >= 11 is 0. The molecule has 5 aromatic rings. The molecule has 3 nitrogen and oxygen atoms in total. The molecule has 0 aliphatic carbocycles. The molecule has 3 aromatic carbocycles. The number of fused-ring (bicyclic) bond motifs is 2. The predicted octanol–water partition coefficient (Wildman–Crippen LogP) is 6.69. The van der Waals surface area contributed by atoms with E-state index in [-0.39, 0.29) is 5.82 Å². The Morgan fingerprint density at radius 1 is 0.857 bits per heavy atom. The fourth-order valence-corrected chi connectivity index (χ4v) is 5.41. The van der Waals surface area contributed by atoms with Gasteiger partial charge in [-0.1, -0.05) is 72.8 Å². The molecule has 0 amide bonds. The summed E-state index contributed by atoms with van der Waals surface area (Å²) in [5, 5.41) is 1.18. The summed E-state index contributed by atoms with van der Waals surface area (Å²) < 4.78 is 16.9. The van der Waals surface area contributed by atoms with Gasteiger partial charge in [0.15, 0.2) is 0 Å². The molecule has 1 aliphatic heterocycles. The standard InChI is InChI=1S/C31H28FN3/c1-22-27(19-23-9-3-2-4-10-23)30-29(35(22)21-26-13-7-8-14-28(26)32)15-17-33-31(30)34-18-16-24-11-5-6-12-25(24)20-34/h2-15,17H,16,18-21H2,1H3. The second-order valence-corrected chi connectivity index (χ2v) is 9.37. The van der Waals surface area contributed by atoms with Crippen LogP contribution in [0.1, 0.15) is 33.5 Å². The van der Waals surface area contributed by atoms with Gasteiger partial charge in [0, 0.05) is 35.9 Å². The van der Waals surface area contributed by atoms with E-state index < -0.39 is 0 Å². The fraction of sp³-hybridized carbons (Fsp3) is 0.194. The Hall–Kier alpha value is -3.92. The molecule has 0 fully saturated rings. The van der Waals surface area contributed by atoms with Gasteiger partial charge in [-0.2, -0.15) is 0 Å². The zero-order valence-corrected chi connectivity index (χ0v) is 19.9. The van der Waals surface area contributed by atoms with Gasteiger partial charge in [0.2, 0.25) is 0 Å². The molecule has 0 saturated carbocycles. The van der Waals surface area contributed by atoms with Crippen molar-refractivity contribution >= 4 is 16.7 Å². The normalized spacial score (nSPS) is 13.3. The molecule has 6 rings (SSSR count). The minimum Gasteiger partial charge on any atom is -0.351 e. The van der Waals surface area contributed by atoms with Crippen LogP contribution < -0.4 is 4.90 Å². The quantitative estimate of drug-likeness (QED) is 0.291. The van der Waals surface area contributed by atoms with Crippen LogP contribution in [0.5, 0.6) is 0 Å². The third-order valence-corrected chi connectivity index (χ3v) is 7.28. The summed E-state index contributed by atoms with van der Waals surface area (Å²) in [4.78, 5) is 7.33. The number of anilines is 1. The Balaban J connectivity index is 1.51. The first-order valence-electron chi connectivity index (χ1n) is 12.2. The number of halogens is 1. The van der Waals surface area contributed by atoms with Crippen LogP contribution in [0.2, 0.25) is 0 Å². The van der Waals surface area contributed by atoms with E-state index in [1.165, 1.54) is 33.3 Å². The van der Waals surface area contributed by atoms with Gasteiger partial charge in [-0.3, -0.25) is 0 Å². The predicted molar refractivity (Wildman–Crippen MR) is 140 cm³/mol. The third-order valence-electron chi connectivity index (χ3n) is 7.28. The largest absolute Gasteiger partial charge is 0.351 e. The van der Waals surface area contributed by atoms with Gasteiger partial charge in [0.25, 0.3) is 0 Å². The lowest BCUT2D eigenvalue weighted by molar-refractivity contribution is 0.600. The summed E-state index contributed by atoms with van der Waals surface area (Å²) in [6, 6.07) is 28.4. The Labute approximate surface area is 205 Å². The first-order valence-corrected chi connectivity index (χ1v) is 12.2. The van der Waals surface area contributed by atoms with Crippen LogP contribution in [0.4, 0.5) is 10.2 Å². The maximum absolute atomic E-state index is 14.6. The molecule has 3 heterocycles. The second kappa shape index (κ2) is 9.03. The Bertz CT molecular complexity index is 1500. The van der Waals surface area contributed by atoms with Crippen molar-refractivity contribution in [2.45, 2.75) is 32.9 Å². The van der Waals surface area contributed by atoms with Gasteiger partial charge in [-0.15, -0.1) is 0 Å². The van der Waals surface area contributed by atoms with Crippen molar-refractivity contribution in [2.75, 3.05) is 11.4 Å². The van der Waals surface area contributed by atoms with Crippen molar-refractivity contribution in [3.05, 3.63) is 130 Å². The molecule has 0 unspecified atom stereocenters. The molecule has 1 aliphatic rings. The van der Waals surface area contributed by atoms with Crippen molar-refractivity contribution in [2.24, 2.45) is 0 Å². The number of aromatic nitrogens is 2. The highest BCUT2D eigenvalue weighted by atomic mass is 19.1. The van der Waals surface area contributed by atoms with Crippen molar-refractivity contribution in [3.63, 3.8) is 0 Å². The average Bonchev–Trinajstić information content (AvgIpc) is 3.16. The molecule has 0 spiro atoms. The minimum atomic E-state index is -0.166. The first kappa shape index (κ1) is 21.6. The Morgan fingerprint density at radius 3 is 2.43 bits per heavy atom. The maximum atomic E-state index is 14.6. The van der Waals surface area contributed by atoms with E-state index in [1.807, 2.05) is 18.3 Å². The molecular weight excluding hydrogens is 433 g/mol. The van der Waals surface area contributed by atoms with Crippen molar-refractivity contribution in [1.82, 2.24) is 9.55 Å². The van der Waals surface area contributed by atoms with E-state index in [1.54, 1.807) is 12.1 Å². The molecule has 0 radical (unpaired) electrons. The fourth-order valence-electron chi connectivity index (χ4n) is 5.41. The molecule has 0 bridgehead atoms. The van der Waals surface area contributed by atoms with Gasteiger partial charge in [0.05, 0.1) is 12.1 Å². The lowest BCUT2D eigenvalue weighted by atomic mass is 9.98. The van der Waals surface area contributed by atoms with Crippen LogP contribution in [0.3, 0.4) is 0 Å². The van der Waals surface area contributed by atoms with Crippen molar-refractivity contribution in [3.8, 4) is 0 Å². The zero-order chi connectivity index (χ0) is 23.8. The summed E-state index contributed by atoms with van der Waals surface area (Å²) in [6.07, 6.45) is 3.73. The molecule has 174 valence electrons. The SMILES string of the molecule is Cc1c(Cc2ccccc2)c2c(N3CCc4ccccc4C3)nccc2n1Cc1ccccc1F. The van der Waals surface area contributed by atoms with E-state index in [0.29, 0.717) is 12.1 Å². The second-order valence-electron chi connectivity index (χ2n) is 9.37. The Kier molecular flexibility index (Phi) is 5.57. The van der Waals surface area contributed by atoms with Crippen LogP contribution in [0.25, 0.3) is 10.9 Å². The smallest absolute Gasteiger partial charge is 0.138 e. The maximum Gasteiger partial charge on any atom is 0.138 e. The summed E-state index contributed by atoms with van der Waals surface area (Å²) in [5.41, 5.74) is 8.30. The molecular formula is C31H28FN3. The average molecular weight is 462 g/mol. The van der Waals surface area contributed by atoms with E-state index in [0.717, 1.165) is 37.3 Å². The number of nitrogens with zero attached hydrogens (tertiary/aromatic N) is 3. The lowest BCUT2D eigenvalue weighted by Gasteiger charge is -2.30. The van der Waals surface area contributed by atoms with E-state index in [2.05, 4.69) is 77.1 Å². The number of pyridine rings is 1. The van der Waals surface area contributed by atoms with Crippen LogP contribution in [0, 0.1) is 12.7 Å². The highest BCUT2D eigenvalue weighted by molar-refractivity contribution is 5.95. The van der Waals surface area contributed by atoms with E-state index >= 15 is 0 Å². The number of rotatable bonds is 5. The highest BCUT2D eigenvalue weighted by Crippen LogP contribution is 2.36. The molecule has 0 saturated heterocycles. The van der Waals surface area contributed by atoms with Gasteiger partial charge in [-0.25, -0.2) is 9.37 Å². The van der Waals surface area contributed by atoms with Gasteiger partial charge < -0.3 is 9.47 Å². The summed E-state index contributed by atoms with van der Waals surface area (Å²) in [6.45, 7) is 4.44. The minimum absolute atomic E-state index is 0.166. The van der Waals surface area contributed by atoms with Crippen molar-refractivity contribution < 1.29 is 4.39 Å². The molecule has 4 heteroatoms. The van der Waals surface area contributed by atoms with E-state index in [9.17, 15) is 4.39 Å². The Morgan fingerprint density at radius 2 is 1.60 bits per heavy atom. The zero-order valence-electron chi connectivity index (χ0n) is 19.9. The van der Waals surface area contributed by atoms with Crippen LogP contribution in [0.15, 0.2) is 91.1 Å². The molecule has 2 aromatic heterocycles. The van der Waals surface area contributed by atoms with Gasteiger partial charge in [0.1, 0.15) is 11.6 Å². The molecule has 35 heavy (non-hydrogen) atoms. The summed E-state index contributed by atoms with van der Waals surface area (Å²) in [7, 11) is 0. The lowest BCUT2D eigenvalue weighted by Crippen LogP contribution is -2.31. The monoisotopic (exact) mass is 461 g/mol. The van der Waals surface area contributed by atoms with Crippen molar-refractivity contribution in [1.29, 1.82) is 0 Å². The topological polar surface area (TPSA) is 21.1 Å². The number of hydrogen-bond acceptors (Lipinski definition) is 2. The number of hydrogen-bond donors (Lipinski definition) is 0. The first-order chi connectivity index (χ1) is 17.2. The third kappa shape index (κ3) is 3.99. The highest BCUT2D eigenvalue weighted by Gasteiger charge is 2.24. The van der Waals surface area contributed by atoms with E-state index in [4.69, 9.17) is 4.98 Å². The molecule has 0 N–H and O–H groups in total. The number of benzene rings is 3. The van der Waals surface area contributed by atoms with Crippen LogP contribution in [-0.4, -0.2) is 16.1 Å². The van der Waals surface area contributed by atoms with Gasteiger partial charge >= 0.3 is 0 Å². The van der Waals surface area contributed by atoms with Gasteiger partial charge in [-0.05, 0) is 54.2 Å². The summed E-state index contributed by atoms with van der Waals surface area (Å²) in [5.74, 6) is 0.860. The van der Waals surface area contributed by atoms with Crippen LogP contribution in [-0.2, 0) is 25.9 Å².